The fourth-order valence-electron chi connectivity index (χ4n) is 2.61. The lowest BCUT2D eigenvalue weighted by Gasteiger charge is -2.28. The number of aliphatic imine (C=N–C) groups is 1. The van der Waals surface area contributed by atoms with Gasteiger partial charge in [0.2, 0.25) is 0 Å². The second kappa shape index (κ2) is 6.93. The number of nitrogens with zero attached hydrogens (tertiary/aromatic N) is 2. The zero-order valence-corrected chi connectivity index (χ0v) is 13.9. The van der Waals surface area contributed by atoms with Crippen LogP contribution in [0, 0.1) is 11.3 Å². The molecule has 0 aromatic rings. The molecule has 2 N–H and O–H groups in total. The number of nitrogens with two attached hydrogens (primary N) is 1. The third-order valence-corrected chi connectivity index (χ3v) is 3.71. The Morgan fingerprint density at radius 3 is 2.44 bits per heavy atom. The second-order valence-corrected chi connectivity index (χ2v) is 5.87. The first kappa shape index (κ1) is 16.0. The summed E-state index contributed by atoms with van der Waals surface area (Å²) in [4.78, 5) is 6.73. The summed E-state index contributed by atoms with van der Waals surface area (Å²) >= 11 is 0. The average Bonchev–Trinajstić information content (AvgIpc) is 3.06. The first-order chi connectivity index (χ1) is 8.11. The van der Waals surface area contributed by atoms with E-state index in [2.05, 4.69) is 23.7 Å². The number of guanidine groups is 1. The van der Waals surface area contributed by atoms with E-state index in [9.17, 15) is 0 Å². The molecule has 1 saturated heterocycles. The molecule has 0 unspecified atom stereocenters. The van der Waals surface area contributed by atoms with Crippen molar-refractivity contribution in [2.75, 3.05) is 32.8 Å². The summed E-state index contributed by atoms with van der Waals surface area (Å²) in [5.74, 6) is 1.47. The molecule has 1 heterocycles. The molecule has 2 rings (SSSR count). The number of rotatable bonds is 4. The topological polar surface area (TPSA) is 50.8 Å². The molecule has 1 aliphatic heterocycles. The van der Waals surface area contributed by atoms with Crippen LogP contribution < -0.4 is 5.73 Å². The Bertz CT molecular complexity index is 284. The third-order valence-electron chi connectivity index (χ3n) is 3.71. The van der Waals surface area contributed by atoms with Crippen molar-refractivity contribution in [3.8, 4) is 0 Å². The summed E-state index contributed by atoms with van der Waals surface area (Å²) in [5, 5.41) is 0. The van der Waals surface area contributed by atoms with Crippen LogP contribution in [0.15, 0.2) is 4.99 Å². The maximum atomic E-state index is 6.03. The van der Waals surface area contributed by atoms with Crippen molar-refractivity contribution in [2.45, 2.75) is 33.1 Å². The molecule has 0 aromatic heterocycles. The highest BCUT2D eigenvalue weighted by molar-refractivity contribution is 14.0. The summed E-state index contributed by atoms with van der Waals surface area (Å²) in [6.45, 7) is 8.79. The van der Waals surface area contributed by atoms with Gasteiger partial charge in [-0.25, -0.2) is 0 Å². The highest BCUT2D eigenvalue weighted by Crippen LogP contribution is 2.50. The summed E-state index contributed by atoms with van der Waals surface area (Å²) in [6.07, 6.45) is 3.93. The van der Waals surface area contributed by atoms with Crippen LogP contribution in [0.4, 0.5) is 0 Å². The van der Waals surface area contributed by atoms with Gasteiger partial charge in [-0.15, -0.1) is 24.0 Å². The lowest BCUT2D eigenvalue weighted by atomic mass is 9.94. The maximum absolute atomic E-state index is 6.03. The first-order valence-corrected chi connectivity index (χ1v) is 6.74. The van der Waals surface area contributed by atoms with Gasteiger partial charge in [-0.05, 0) is 30.6 Å². The van der Waals surface area contributed by atoms with Crippen molar-refractivity contribution in [1.82, 2.24) is 4.90 Å². The Morgan fingerprint density at radius 2 is 1.94 bits per heavy atom. The Kier molecular flexibility index (Phi) is 6.17. The van der Waals surface area contributed by atoms with E-state index in [1.54, 1.807) is 0 Å². The minimum atomic E-state index is 0. The van der Waals surface area contributed by atoms with Crippen LogP contribution in [0.1, 0.15) is 33.1 Å². The largest absolute Gasteiger partial charge is 0.378 e. The smallest absolute Gasteiger partial charge is 0.191 e. The van der Waals surface area contributed by atoms with Gasteiger partial charge in [0.25, 0.3) is 0 Å². The molecule has 0 spiro atoms. The van der Waals surface area contributed by atoms with Crippen molar-refractivity contribution in [3.63, 3.8) is 0 Å². The highest BCUT2D eigenvalue weighted by atomic mass is 127. The van der Waals surface area contributed by atoms with E-state index < -0.39 is 0 Å². The molecule has 0 aromatic carbocycles. The molecule has 5 heteroatoms. The van der Waals surface area contributed by atoms with E-state index in [-0.39, 0.29) is 24.0 Å². The molecular weight excluding hydrogens is 341 g/mol. The molecule has 0 radical (unpaired) electrons. The molecular formula is C13H26IN3O. The zero-order valence-electron chi connectivity index (χ0n) is 11.5. The van der Waals surface area contributed by atoms with Crippen molar-refractivity contribution in [2.24, 2.45) is 22.1 Å². The quantitative estimate of drug-likeness (QED) is 0.470. The van der Waals surface area contributed by atoms with Crippen LogP contribution in [0.25, 0.3) is 0 Å². The van der Waals surface area contributed by atoms with Gasteiger partial charge in [-0.3, -0.25) is 4.99 Å². The number of hydrogen-bond acceptors (Lipinski definition) is 2. The number of hydrogen-bond donors (Lipinski definition) is 1. The lowest BCUT2D eigenvalue weighted by molar-refractivity contribution is 0.0673. The summed E-state index contributed by atoms with van der Waals surface area (Å²) in [7, 11) is 0. The van der Waals surface area contributed by atoms with Gasteiger partial charge >= 0.3 is 0 Å². The van der Waals surface area contributed by atoms with E-state index in [4.69, 9.17) is 10.5 Å². The molecule has 0 atom stereocenters. The fourth-order valence-corrected chi connectivity index (χ4v) is 2.61. The lowest BCUT2D eigenvalue weighted by Crippen LogP contribution is -2.45. The molecule has 18 heavy (non-hydrogen) atoms. The van der Waals surface area contributed by atoms with E-state index in [1.807, 2.05) is 0 Å². The maximum Gasteiger partial charge on any atom is 0.191 e. The van der Waals surface area contributed by atoms with Crippen molar-refractivity contribution in [3.05, 3.63) is 0 Å². The molecule has 2 aliphatic rings. The van der Waals surface area contributed by atoms with Gasteiger partial charge in [-0.1, -0.05) is 13.8 Å². The van der Waals surface area contributed by atoms with Crippen molar-refractivity contribution >= 4 is 29.9 Å². The van der Waals surface area contributed by atoms with Crippen LogP contribution >= 0.6 is 24.0 Å². The van der Waals surface area contributed by atoms with Gasteiger partial charge < -0.3 is 15.4 Å². The predicted octanol–water partition coefficient (Wildman–Crippen LogP) is 2.08. The molecule has 2 fully saturated rings. The number of morpholine rings is 1. The predicted molar refractivity (Wildman–Crippen MR) is 85.4 cm³/mol. The van der Waals surface area contributed by atoms with Crippen molar-refractivity contribution in [1.29, 1.82) is 0 Å². The Hall–Kier alpha value is -0.0400. The van der Waals surface area contributed by atoms with Crippen LogP contribution in [0.2, 0.25) is 0 Å². The molecule has 4 nitrogen and oxygen atoms in total. The van der Waals surface area contributed by atoms with Gasteiger partial charge in [0, 0.05) is 19.6 Å². The van der Waals surface area contributed by atoms with Gasteiger partial charge in [0.05, 0.1) is 13.2 Å². The number of halogens is 1. The summed E-state index contributed by atoms with van der Waals surface area (Å²) < 4.78 is 5.31. The highest BCUT2D eigenvalue weighted by Gasteiger charge is 2.42. The summed E-state index contributed by atoms with van der Waals surface area (Å²) in [6, 6.07) is 0. The molecule has 1 aliphatic carbocycles. The van der Waals surface area contributed by atoms with E-state index in [0.29, 0.717) is 11.4 Å². The van der Waals surface area contributed by atoms with E-state index in [0.717, 1.165) is 38.8 Å². The van der Waals surface area contributed by atoms with Gasteiger partial charge in [-0.2, -0.15) is 0 Å². The minimum Gasteiger partial charge on any atom is -0.378 e. The van der Waals surface area contributed by atoms with Gasteiger partial charge in [0.15, 0.2) is 5.96 Å². The minimum absolute atomic E-state index is 0. The zero-order chi connectivity index (χ0) is 12.3. The van der Waals surface area contributed by atoms with Crippen molar-refractivity contribution < 1.29 is 4.74 Å². The van der Waals surface area contributed by atoms with Crippen LogP contribution in [0.5, 0.6) is 0 Å². The van der Waals surface area contributed by atoms with Crippen LogP contribution in [-0.4, -0.2) is 43.7 Å². The van der Waals surface area contributed by atoms with Crippen LogP contribution in [-0.2, 0) is 4.74 Å². The fraction of sp³-hybridized carbons (Fsp3) is 0.923. The molecule has 1 saturated carbocycles. The Morgan fingerprint density at radius 1 is 1.33 bits per heavy atom. The van der Waals surface area contributed by atoms with Gasteiger partial charge in [0.1, 0.15) is 0 Å². The summed E-state index contributed by atoms with van der Waals surface area (Å²) in [5.41, 5.74) is 6.51. The average molecular weight is 367 g/mol. The first-order valence-electron chi connectivity index (χ1n) is 6.74. The standard InChI is InChI=1S/C13H25N3O.HI/c1-11(2)9-13(3-4-13)10-15-12(14)16-5-7-17-8-6-16;/h11H,3-10H2,1-2H3,(H2,14,15);1H. The van der Waals surface area contributed by atoms with E-state index >= 15 is 0 Å². The normalized spacial score (nSPS) is 22.8. The van der Waals surface area contributed by atoms with E-state index in [1.165, 1.54) is 19.3 Å². The van der Waals surface area contributed by atoms with Crippen LogP contribution in [0.3, 0.4) is 0 Å². The Labute approximate surface area is 127 Å². The number of ether oxygens (including phenoxy) is 1. The molecule has 0 amide bonds. The molecule has 0 bridgehead atoms. The SMILES string of the molecule is CC(C)CC1(CN=C(N)N2CCOCC2)CC1.I. The molecule has 106 valence electrons. The second-order valence-electron chi connectivity index (χ2n) is 5.87. The third kappa shape index (κ3) is 4.57. The monoisotopic (exact) mass is 367 g/mol. The Balaban J connectivity index is 0.00000162.